The summed E-state index contributed by atoms with van der Waals surface area (Å²) >= 11 is 7.63. The van der Waals surface area contributed by atoms with Crippen molar-refractivity contribution in [2.24, 2.45) is 5.73 Å². The molecule has 0 fully saturated rings. The van der Waals surface area contributed by atoms with E-state index in [1.165, 1.54) is 16.9 Å². The molecule has 0 saturated carbocycles. The third-order valence-corrected chi connectivity index (χ3v) is 5.28. The van der Waals surface area contributed by atoms with Crippen LogP contribution in [0.25, 0.3) is 21.5 Å². The molecule has 0 radical (unpaired) electrons. The highest BCUT2D eigenvalue weighted by atomic mass is 35.5. The van der Waals surface area contributed by atoms with Crippen molar-refractivity contribution < 1.29 is 9.90 Å². The Morgan fingerprint density at radius 2 is 2.08 bits per heavy atom. The molecule has 2 heterocycles. The Hall–Kier alpha value is -1.82. The van der Waals surface area contributed by atoms with Crippen molar-refractivity contribution in [1.82, 2.24) is 4.98 Å². The minimum Gasteiger partial charge on any atom is -0.481 e. The zero-order valence-electron chi connectivity index (χ0n) is 13.1. The zero-order chi connectivity index (χ0) is 17.1. The molecule has 3 rings (SSSR count). The summed E-state index contributed by atoms with van der Waals surface area (Å²) in [7, 11) is 0. The van der Waals surface area contributed by atoms with Crippen molar-refractivity contribution in [3.63, 3.8) is 0 Å². The van der Waals surface area contributed by atoms with Crippen LogP contribution in [0.3, 0.4) is 0 Å². The highest BCUT2D eigenvalue weighted by Crippen LogP contribution is 2.37. The third-order valence-electron chi connectivity index (χ3n) is 4.03. The number of aromatic nitrogens is 1. The number of hydrogen-bond donors (Lipinski definition) is 3. The number of fused-ring (bicyclic) bond motifs is 1. The van der Waals surface area contributed by atoms with Gasteiger partial charge in [-0.2, -0.15) is 0 Å². The minimum atomic E-state index is -0.820. The van der Waals surface area contributed by atoms with E-state index in [0.29, 0.717) is 6.54 Å². The van der Waals surface area contributed by atoms with E-state index in [0.717, 1.165) is 50.6 Å². The van der Waals surface area contributed by atoms with Gasteiger partial charge in [-0.15, -0.1) is 11.3 Å². The first-order chi connectivity index (χ1) is 11.6. The van der Waals surface area contributed by atoms with Gasteiger partial charge in [-0.1, -0.05) is 17.7 Å². The standard InChI is InChI=1S/C18H19ClN2O2S/c19-16-7-6-15(24-16)18-12(3-1-2-8-20)13-9-11(10-17(22)23)4-5-14(13)21-18/h4-7,9,21H,1-3,8,10,20H2,(H,22,23). The fourth-order valence-corrected chi connectivity index (χ4v) is 4.02. The molecule has 3 aromatic rings. The summed E-state index contributed by atoms with van der Waals surface area (Å²) in [6, 6.07) is 9.71. The number of aryl methyl sites for hydroxylation is 1. The van der Waals surface area contributed by atoms with Crippen molar-refractivity contribution in [2.75, 3.05) is 6.54 Å². The Bertz CT molecular complexity index is 869. The quantitative estimate of drug-likeness (QED) is 0.543. The number of nitrogens with two attached hydrogens (primary N) is 1. The molecule has 0 spiro atoms. The van der Waals surface area contributed by atoms with Crippen LogP contribution in [0.2, 0.25) is 4.34 Å². The van der Waals surface area contributed by atoms with E-state index in [2.05, 4.69) is 4.98 Å². The van der Waals surface area contributed by atoms with E-state index in [1.807, 2.05) is 30.3 Å². The van der Waals surface area contributed by atoms with Crippen LogP contribution in [-0.2, 0) is 17.6 Å². The molecular formula is C18H19ClN2O2S. The number of aliphatic carboxylic acids is 1. The van der Waals surface area contributed by atoms with Gasteiger partial charge < -0.3 is 15.8 Å². The van der Waals surface area contributed by atoms with Crippen LogP contribution in [0.4, 0.5) is 0 Å². The number of H-pyrrole nitrogens is 1. The van der Waals surface area contributed by atoms with Crippen molar-refractivity contribution >= 4 is 39.8 Å². The lowest BCUT2D eigenvalue weighted by Crippen LogP contribution is -2.00. The number of thiophene rings is 1. The monoisotopic (exact) mass is 362 g/mol. The summed E-state index contributed by atoms with van der Waals surface area (Å²) in [5.74, 6) is -0.820. The molecule has 0 atom stereocenters. The van der Waals surface area contributed by atoms with E-state index in [-0.39, 0.29) is 6.42 Å². The average molecular weight is 363 g/mol. The summed E-state index contributed by atoms with van der Waals surface area (Å²) in [5.41, 5.74) is 9.74. The van der Waals surface area contributed by atoms with Gasteiger partial charge in [0.05, 0.1) is 21.3 Å². The highest BCUT2D eigenvalue weighted by Gasteiger charge is 2.15. The second-order valence-corrected chi connectivity index (χ2v) is 7.49. The largest absolute Gasteiger partial charge is 0.481 e. The van der Waals surface area contributed by atoms with Gasteiger partial charge in [0.25, 0.3) is 0 Å². The summed E-state index contributed by atoms with van der Waals surface area (Å²) in [5, 5.41) is 10.1. The van der Waals surface area contributed by atoms with E-state index >= 15 is 0 Å². The van der Waals surface area contributed by atoms with Crippen LogP contribution in [0.15, 0.2) is 30.3 Å². The number of benzene rings is 1. The van der Waals surface area contributed by atoms with Gasteiger partial charge in [-0.25, -0.2) is 0 Å². The van der Waals surface area contributed by atoms with Crippen LogP contribution in [-0.4, -0.2) is 22.6 Å². The molecule has 6 heteroatoms. The lowest BCUT2D eigenvalue weighted by atomic mass is 10.0. The zero-order valence-corrected chi connectivity index (χ0v) is 14.7. The third kappa shape index (κ3) is 3.64. The SMILES string of the molecule is NCCCCc1c(-c2ccc(Cl)s2)[nH]c2ccc(CC(=O)O)cc12. The molecule has 0 aliphatic heterocycles. The highest BCUT2D eigenvalue weighted by molar-refractivity contribution is 7.19. The van der Waals surface area contributed by atoms with Gasteiger partial charge in [0.2, 0.25) is 0 Å². The molecular weight excluding hydrogens is 344 g/mol. The van der Waals surface area contributed by atoms with Crippen LogP contribution >= 0.6 is 22.9 Å². The number of rotatable bonds is 7. The molecule has 0 bridgehead atoms. The van der Waals surface area contributed by atoms with Gasteiger partial charge in [0, 0.05) is 10.9 Å². The van der Waals surface area contributed by atoms with Gasteiger partial charge >= 0.3 is 5.97 Å². The normalized spacial score (nSPS) is 11.2. The number of hydrogen-bond acceptors (Lipinski definition) is 3. The number of carboxylic acid groups (broad SMARTS) is 1. The number of carboxylic acids is 1. The van der Waals surface area contributed by atoms with Gasteiger partial charge in [0.1, 0.15) is 0 Å². The first-order valence-corrected chi connectivity index (χ1v) is 9.09. The maximum atomic E-state index is 11.0. The number of carbonyl (C=O) groups is 1. The van der Waals surface area contributed by atoms with E-state index < -0.39 is 5.97 Å². The lowest BCUT2D eigenvalue weighted by molar-refractivity contribution is -0.136. The van der Waals surface area contributed by atoms with Crippen molar-refractivity contribution in [3.05, 3.63) is 45.8 Å². The van der Waals surface area contributed by atoms with E-state index in [9.17, 15) is 4.79 Å². The second kappa shape index (κ2) is 7.38. The molecule has 1 aromatic carbocycles. The van der Waals surface area contributed by atoms with Gasteiger partial charge in [-0.3, -0.25) is 4.79 Å². The molecule has 24 heavy (non-hydrogen) atoms. The topological polar surface area (TPSA) is 79.1 Å². The summed E-state index contributed by atoms with van der Waals surface area (Å²) in [4.78, 5) is 15.6. The van der Waals surface area contributed by atoms with Crippen LogP contribution in [0, 0.1) is 0 Å². The fourth-order valence-electron chi connectivity index (χ4n) is 2.94. The first kappa shape index (κ1) is 17.0. The maximum absolute atomic E-state index is 11.0. The van der Waals surface area contributed by atoms with Crippen LogP contribution < -0.4 is 5.73 Å². The summed E-state index contributed by atoms with van der Waals surface area (Å²) in [6.45, 7) is 0.673. The Morgan fingerprint density at radius 3 is 2.75 bits per heavy atom. The number of unbranched alkanes of at least 4 members (excludes halogenated alkanes) is 1. The van der Waals surface area contributed by atoms with Crippen molar-refractivity contribution in [3.8, 4) is 10.6 Å². The van der Waals surface area contributed by atoms with Crippen molar-refractivity contribution in [2.45, 2.75) is 25.7 Å². The number of nitrogens with one attached hydrogen (secondary N) is 1. The van der Waals surface area contributed by atoms with Gasteiger partial charge in [-0.05, 0) is 61.2 Å². The smallest absolute Gasteiger partial charge is 0.307 e. The Balaban J connectivity index is 2.08. The molecule has 4 nitrogen and oxygen atoms in total. The maximum Gasteiger partial charge on any atom is 0.307 e. The predicted octanol–water partition coefficient (Wildman–Crippen LogP) is 4.46. The number of halogens is 1. The molecule has 4 N–H and O–H groups in total. The number of aromatic amines is 1. The minimum absolute atomic E-state index is 0.0313. The van der Waals surface area contributed by atoms with Crippen LogP contribution in [0.1, 0.15) is 24.0 Å². The summed E-state index contributed by atoms with van der Waals surface area (Å²) < 4.78 is 0.753. The van der Waals surface area contributed by atoms with Crippen molar-refractivity contribution in [1.29, 1.82) is 0 Å². The molecule has 126 valence electrons. The molecule has 0 aliphatic rings. The summed E-state index contributed by atoms with van der Waals surface area (Å²) in [6.07, 6.45) is 2.90. The average Bonchev–Trinajstić information content (AvgIpc) is 3.11. The first-order valence-electron chi connectivity index (χ1n) is 7.89. The molecule has 0 unspecified atom stereocenters. The molecule has 0 saturated heterocycles. The molecule has 0 amide bonds. The van der Waals surface area contributed by atoms with E-state index in [4.69, 9.17) is 22.4 Å². The second-order valence-electron chi connectivity index (χ2n) is 5.78. The lowest BCUT2D eigenvalue weighted by Gasteiger charge is -2.04. The van der Waals surface area contributed by atoms with Gasteiger partial charge in [0.15, 0.2) is 0 Å². The van der Waals surface area contributed by atoms with E-state index in [1.54, 1.807) is 0 Å². The van der Waals surface area contributed by atoms with Crippen LogP contribution in [0.5, 0.6) is 0 Å². The Kier molecular flexibility index (Phi) is 5.23. The Labute approximate surface area is 149 Å². The molecule has 2 aromatic heterocycles. The Morgan fingerprint density at radius 1 is 1.25 bits per heavy atom. The predicted molar refractivity (Wildman–Crippen MR) is 100.0 cm³/mol. The fraction of sp³-hybridized carbons (Fsp3) is 0.278. The molecule has 0 aliphatic carbocycles.